The lowest BCUT2D eigenvalue weighted by atomic mass is 10.0. The summed E-state index contributed by atoms with van der Waals surface area (Å²) in [6, 6.07) is 3.12. The van der Waals surface area contributed by atoms with E-state index < -0.39 is 18.6 Å². The summed E-state index contributed by atoms with van der Waals surface area (Å²) in [4.78, 5) is 26.4. The van der Waals surface area contributed by atoms with Gasteiger partial charge in [-0.25, -0.2) is 0 Å². The Hall–Kier alpha value is -1.79. The maximum absolute atomic E-state index is 11.2. The van der Waals surface area contributed by atoms with Gasteiger partial charge >= 0.3 is 5.97 Å². The van der Waals surface area contributed by atoms with Gasteiger partial charge in [-0.15, -0.1) is 0 Å². The first kappa shape index (κ1) is 18.3. The molecule has 0 aliphatic rings. The lowest BCUT2D eigenvalue weighted by Gasteiger charge is -2.16. The molecule has 0 aliphatic heterocycles. The fourth-order valence-corrected chi connectivity index (χ4v) is 2.04. The largest absolute Gasteiger partial charge is 0.480 e. The van der Waals surface area contributed by atoms with Gasteiger partial charge in [0, 0.05) is 24.9 Å². The third-order valence-electron chi connectivity index (χ3n) is 3.28. The number of aliphatic carboxylic acids is 1. The number of aliphatic hydroxyl groups is 1. The average molecular weight is 308 g/mol. The van der Waals surface area contributed by atoms with Crippen LogP contribution >= 0.6 is 0 Å². The lowest BCUT2D eigenvalue weighted by Crippen LogP contribution is -2.37. The molecule has 3 N–H and O–H groups in total. The van der Waals surface area contributed by atoms with Crippen LogP contribution in [0.1, 0.15) is 37.9 Å². The molecule has 0 aliphatic carbocycles. The maximum Gasteiger partial charge on any atom is 0.320 e. The summed E-state index contributed by atoms with van der Waals surface area (Å²) in [6.45, 7) is 3.98. The minimum Gasteiger partial charge on any atom is -0.480 e. The van der Waals surface area contributed by atoms with Crippen molar-refractivity contribution in [3.05, 3.63) is 29.6 Å². The molecule has 0 saturated carbocycles. The van der Waals surface area contributed by atoms with Crippen molar-refractivity contribution in [2.45, 2.75) is 45.7 Å². The van der Waals surface area contributed by atoms with Crippen LogP contribution in [0, 0.1) is 5.92 Å². The summed E-state index contributed by atoms with van der Waals surface area (Å²) in [5.74, 6) is -0.746. The molecule has 0 amide bonds. The fourth-order valence-electron chi connectivity index (χ4n) is 2.04. The summed E-state index contributed by atoms with van der Waals surface area (Å²) in [6.07, 6.45) is 3.03. The van der Waals surface area contributed by atoms with E-state index in [9.17, 15) is 9.59 Å². The van der Waals surface area contributed by atoms with Crippen molar-refractivity contribution in [1.29, 1.82) is 0 Å². The Morgan fingerprint density at radius 1 is 1.32 bits per heavy atom. The van der Waals surface area contributed by atoms with E-state index in [0.717, 1.165) is 11.3 Å². The van der Waals surface area contributed by atoms with Crippen LogP contribution in [0.2, 0.25) is 0 Å². The Morgan fingerprint density at radius 3 is 2.55 bits per heavy atom. The molecule has 22 heavy (non-hydrogen) atoms. The predicted molar refractivity (Wildman–Crippen MR) is 82.4 cm³/mol. The number of pyridine rings is 1. The summed E-state index contributed by atoms with van der Waals surface area (Å²) in [5.41, 5.74) is 1.68. The zero-order valence-corrected chi connectivity index (χ0v) is 13.1. The van der Waals surface area contributed by atoms with Gasteiger partial charge < -0.3 is 15.5 Å². The van der Waals surface area contributed by atoms with Gasteiger partial charge in [-0.2, -0.15) is 0 Å². The van der Waals surface area contributed by atoms with Crippen LogP contribution in [0.4, 0.5) is 0 Å². The van der Waals surface area contributed by atoms with E-state index in [1.807, 2.05) is 26.0 Å². The molecule has 0 unspecified atom stereocenters. The van der Waals surface area contributed by atoms with Crippen molar-refractivity contribution < 1.29 is 19.8 Å². The highest BCUT2D eigenvalue weighted by molar-refractivity contribution is 5.79. The first-order chi connectivity index (χ1) is 10.4. The minimum atomic E-state index is -0.846. The quantitative estimate of drug-likeness (QED) is 0.600. The number of carboxylic acid groups (broad SMARTS) is 1. The number of carbonyl (C=O) groups is 2. The highest BCUT2D eigenvalue weighted by atomic mass is 16.4. The van der Waals surface area contributed by atoms with Gasteiger partial charge in [0.05, 0.1) is 0 Å². The predicted octanol–water partition coefficient (Wildman–Crippen LogP) is 1.16. The van der Waals surface area contributed by atoms with Crippen LogP contribution in [0.5, 0.6) is 0 Å². The van der Waals surface area contributed by atoms with Crippen molar-refractivity contribution in [2.75, 3.05) is 6.61 Å². The third-order valence-corrected chi connectivity index (χ3v) is 3.28. The second kappa shape index (κ2) is 9.27. The number of hydrogen-bond acceptors (Lipinski definition) is 5. The molecular weight excluding hydrogens is 284 g/mol. The highest BCUT2D eigenvalue weighted by Gasteiger charge is 2.17. The van der Waals surface area contributed by atoms with Gasteiger partial charge in [-0.1, -0.05) is 19.9 Å². The number of rotatable bonds is 10. The maximum atomic E-state index is 11.2. The van der Waals surface area contributed by atoms with E-state index in [1.165, 1.54) is 0 Å². The smallest absolute Gasteiger partial charge is 0.320 e. The number of aliphatic hydroxyl groups excluding tert-OH is 1. The molecule has 0 saturated heterocycles. The molecule has 0 radical (unpaired) electrons. The standard InChI is InChI=1S/C16H24N2O4/c1-11(2)7-15(16(21)22)18-9-12-3-4-13(17-8-12)5-6-14(20)10-19/h3-4,8,11,15,18-19H,5-7,9-10H2,1-2H3,(H,21,22)/t15-/m0/s1. The molecule has 6 heteroatoms. The normalized spacial score (nSPS) is 12.4. The van der Waals surface area contributed by atoms with Gasteiger partial charge in [0.1, 0.15) is 12.6 Å². The van der Waals surface area contributed by atoms with Crippen LogP contribution in [0.25, 0.3) is 0 Å². The second-order valence-corrected chi connectivity index (χ2v) is 5.76. The van der Waals surface area contributed by atoms with Crippen LogP contribution in [-0.4, -0.2) is 39.6 Å². The Kier molecular flexibility index (Phi) is 7.70. The van der Waals surface area contributed by atoms with E-state index in [-0.39, 0.29) is 12.2 Å². The average Bonchev–Trinajstić information content (AvgIpc) is 2.49. The Balaban J connectivity index is 2.49. The van der Waals surface area contributed by atoms with Gasteiger partial charge in [0.15, 0.2) is 5.78 Å². The number of ketones is 1. The van der Waals surface area contributed by atoms with Crippen LogP contribution < -0.4 is 5.32 Å². The van der Waals surface area contributed by atoms with Crippen molar-refractivity contribution >= 4 is 11.8 Å². The van der Waals surface area contributed by atoms with Crippen LogP contribution in [-0.2, 0) is 22.6 Å². The number of carboxylic acids is 1. The Bertz CT molecular complexity index is 485. The molecular formula is C16H24N2O4. The molecule has 1 aromatic rings. The lowest BCUT2D eigenvalue weighted by molar-refractivity contribution is -0.140. The second-order valence-electron chi connectivity index (χ2n) is 5.76. The van der Waals surface area contributed by atoms with Gasteiger partial charge in [0.2, 0.25) is 0 Å². The van der Waals surface area contributed by atoms with Crippen LogP contribution in [0.15, 0.2) is 18.3 Å². The summed E-state index contributed by atoms with van der Waals surface area (Å²) < 4.78 is 0. The number of aromatic nitrogens is 1. The van der Waals surface area contributed by atoms with Crippen molar-refractivity contribution in [3.63, 3.8) is 0 Å². The van der Waals surface area contributed by atoms with Gasteiger partial charge in [-0.05, 0) is 30.4 Å². The SMILES string of the molecule is CC(C)C[C@H](NCc1ccc(CCC(=O)CO)nc1)C(=O)O. The number of hydrogen-bond donors (Lipinski definition) is 3. The number of carbonyl (C=O) groups excluding carboxylic acids is 1. The number of Topliss-reactive ketones (excluding diaryl/α,β-unsaturated/α-hetero) is 1. The fraction of sp³-hybridized carbons (Fsp3) is 0.562. The molecule has 1 atom stereocenters. The van der Waals surface area contributed by atoms with Gasteiger partial charge in [0.25, 0.3) is 0 Å². The monoisotopic (exact) mass is 308 g/mol. The first-order valence-corrected chi connectivity index (χ1v) is 7.45. The number of nitrogens with one attached hydrogen (secondary N) is 1. The van der Waals surface area contributed by atoms with Crippen molar-refractivity contribution in [1.82, 2.24) is 10.3 Å². The summed E-state index contributed by atoms with van der Waals surface area (Å²) in [7, 11) is 0. The highest BCUT2D eigenvalue weighted by Crippen LogP contribution is 2.07. The number of nitrogens with zero attached hydrogens (tertiary/aromatic N) is 1. The van der Waals surface area contributed by atoms with E-state index in [4.69, 9.17) is 10.2 Å². The first-order valence-electron chi connectivity index (χ1n) is 7.45. The molecule has 6 nitrogen and oxygen atoms in total. The molecule has 0 aromatic carbocycles. The molecule has 1 heterocycles. The molecule has 0 spiro atoms. The number of aryl methyl sites for hydroxylation is 1. The van der Waals surface area contributed by atoms with Crippen molar-refractivity contribution in [3.8, 4) is 0 Å². The summed E-state index contributed by atoms with van der Waals surface area (Å²) >= 11 is 0. The van der Waals surface area contributed by atoms with E-state index in [1.54, 1.807) is 6.20 Å². The van der Waals surface area contributed by atoms with Gasteiger partial charge in [-0.3, -0.25) is 14.6 Å². The van der Waals surface area contributed by atoms with E-state index in [0.29, 0.717) is 25.3 Å². The van der Waals surface area contributed by atoms with Crippen molar-refractivity contribution in [2.24, 2.45) is 5.92 Å². The minimum absolute atomic E-state index is 0.203. The molecule has 1 aromatic heterocycles. The zero-order chi connectivity index (χ0) is 16.5. The topological polar surface area (TPSA) is 99.5 Å². The Labute approximate surface area is 130 Å². The third kappa shape index (κ3) is 6.78. The molecule has 0 fully saturated rings. The Morgan fingerprint density at radius 2 is 2.05 bits per heavy atom. The molecule has 0 bridgehead atoms. The summed E-state index contributed by atoms with van der Waals surface area (Å²) in [5, 5.41) is 20.8. The molecule has 122 valence electrons. The zero-order valence-electron chi connectivity index (χ0n) is 13.1. The van der Waals surface area contributed by atoms with Crippen LogP contribution in [0.3, 0.4) is 0 Å². The molecule has 1 rings (SSSR count). The van der Waals surface area contributed by atoms with E-state index >= 15 is 0 Å². The van der Waals surface area contributed by atoms with E-state index in [2.05, 4.69) is 10.3 Å².